The summed E-state index contributed by atoms with van der Waals surface area (Å²) in [6.45, 7) is 30.8. The molecule has 0 fully saturated rings. The first-order chi connectivity index (χ1) is 21.5. The summed E-state index contributed by atoms with van der Waals surface area (Å²) >= 11 is 2.59. The normalized spacial score (nSPS) is 16.1. The van der Waals surface area contributed by atoms with Crippen LogP contribution in [0.1, 0.15) is 172 Å². The van der Waals surface area contributed by atoms with E-state index in [0.717, 1.165) is 6.42 Å². The van der Waals surface area contributed by atoms with Crippen molar-refractivity contribution in [3.63, 3.8) is 0 Å². The second kappa shape index (κ2) is 18.6. The molecule has 0 aromatic heterocycles. The van der Waals surface area contributed by atoms with Gasteiger partial charge in [0.2, 0.25) is 0 Å². The Morgan fingerprint density at radius 1 is 0.490 bits per heavy atom. The molecule has 1 unspecified atom stereocenters. The van der Waals surface area contributed by atoms with E-state index in [9.17, 15) is 0 Å². The van der Waals surface area contributed by atoms with E-state index < -0.39 is 8.07 Å². The third-order valence-electron chi connectivity index (χ3n) is 10.4. The summed E-state index contributed by atoms with van der Waals surface area (Å²) < 4.78 is -0.130. The van der Waals surface area contributed by atoms with Gasteiger partial charge in [0.05, 0.1) is 0 Å². The first-order valence-corrected chi connectivity index (χ1v) is 20.9. The molecule has 0 saturated heterocycles. The van der Waals surface area contributed by atoms with E-state index in [4.69, 9.17) is 0 Å². The van der Waals surface area contributed by atoms with Crippen molar-refractivity contribution in [2.24, 2.45) is 0 Å². The van der Waals surface area contributed by atoms with Crippen LogP contribution in [0.2, 0.25) is 3.34 Å². The van der Waals surface area contributed by atoms with Crippen LogP contribution in [0.15, 0.2) is 78.4 Å². The van der Waals surface area contributed by atoms with E-state index in [1.807, 2.05) is 0 Å². The Morgan fingerprint density at radius 2 is 0.755 bits per heavy atom. The van der Waals surface area contributed by atoms with Crippen LogP contribution >= 0.6 is 0 Å². The smallest absolute Gasteiger partial charge is 1.00 e. The Kier molecular flexibility index (Phi) is 17.5. The Hall–Kier alpha value is -1.06. The minimum atomic E-state index is -2.81. The molecule has 4 rings (SSSR count). The standard InChI is InChI=1S/C44H61Si.3ClH.Ti/c1-14-15-34-16-17-41(18-34)45(42-22-35(28(2)3)19-36(23-42)29(4)5,43-24-37(30(6)7)20-38(25-43)31(8)9)44-26-39(32(10)11)21-40(27-44)33(12)13;;;;/h16-33H,14-15H2,1-13H3;3*1H;/q;;;;+3/p-3. The van der Waals surface area contributed by atoms with Gasteiger partial charge in [-0.15, -0.1) is 0 Å². The van der Waals surface area contributed by atoms with Crippen LogP contribution in [0.25, 0.3) is 0 Å². The number of rotatable bonds is 12. The maximum atomic E-state index is 2.70. The molecule has 0 aliphatic heterocycles. The Morgan fingerprint density at radius 3 is 0.980 bits per heavy atom. The van der Waals surface area contributed by atoms with Gasteiger partial charge in [0, 0.05) is 0 Å². The number of allylic oxidation sites excluding steroid dienone is 4. The molecule has 5 heteroatoms. The van der Waals surface area contributed by atoms with Crippen LogP contribution in [0.5, 0.6) is 0 Å². The first kappa shape index (κ1) is 46.0. The Balaban J connectivity index is 0.00000400. The van der Waals surface area contributed by atoms with Crippen LogP contribution in [-0.4, -0.2) is 8.07 Å². The van der Waals surface area contributed by atoms with Crippen LogP contribution in [0.4, 0.5) is 0 Å². The fourth-order valence-electron chi connectivity index (χ4n) is 7.20. The van der Waals surface area contributed by atoms with E-state index in [0.29, 0.717) is 35.5 Å². The van der Waals surface area contributed by atoms with Crippen LogP contribution < -0.4 is 52.8 Å². The summed E-state index contributed by atoms with van der Waals surface area (Å²) in [5.41, 5.74) is 10.3. The molecule has 1 atom stereocenters. The van der Waals surface area contributed by atoms with Crippen molar-refractivity contribution < 1.29 is 57.7 Å². The molecule has 0 spiro atoms. The van der Waals surface area contributed by atoms with E-state index in [1.54, 1.807) is 15.6 Å². The van der Waals surface area contributed by atoms with E-state index >= 15 is 0 Å². The Labute approximate surface area is 332 Å². The topological polar surface area (TPSA) is 0 Å². The monoisotopic (exact) mass is 770 g/mol. The van der Waals surface area contributed by atoms with Gasteiger partial charge in [-0.1, -0.05) is 0 Å². The third kappa shape index (κ3) is 9.49. The molecular weight excluding hydrogens is 711 g/mol. The summed E-state index contributed by atoms with van der Waals surface area (Å²) in [4.78, 5) is 0. The predicted octanol–water partition coefficient (Wildman–Crippen LogP) is 2.45. The summed E-state index contributed by atoms with van der Waals surface area (Å²) in [6, 6.07) is 23.3. The largest absolute Gasteiger partial charge is 1.00 e. The molecule has 49 heavy (non-hydrogen) atoms. The zero-order valence-electron chi connectivity index (χ0n) is 32.4. The van der Waals surface area contributed by atoms with Gasteiger partial charge in [-0.25, -0.2) is 0 Å². The minimum Gasteiger partial charge on any atom is -1.00 e. The summed E-state index contributed by atoms with van der Waals surface area (Å²) in [7, 11) is -2.81. The maximum Gasteiger partial charge on any atom is -1.00 e. The zero-order chi connectivity index (χ0) is 34.1. The van der Waals surface area contributed by atoms with Crippen molar-refractivity contribution in [2.45, 2.75) is 142 Å². The van der Waals surface area contributed by atoms with Crippen molar-refractivity contribution >= 4 is 23.6 Å². The zero-order valence-corrected chi connectivity index (χ0v) is 37.3. The van der Waals surface area contributed by atoms with Gasteiger partial charge in [0.1, 0.15) is 0 Å². The first-order valence-electron chi connectivity index (χ1n) is 18.2. The van der Waals surface area contributed by atoms with Crippen molar-refractivity contribution in [3.05, 3.63) is 112 Å². The number of halogens is 3. The minimum absolute atomic E-state index is 0. The number of hydrogen-bond donors (Lipinski definition) is 0. The van der Waals surface area contributed by atoms with E-state index in [-0.39, 0.29) is 40.6 Å². The second-order valence-corrected chi connectivity index (χ2v) is 22.1. The van der Waals surface area contributed by atoms with Crippen molar-refractivity contribution in [2.75, 3.05) is 0 Å². The molecule has 0 N–H and O–H groups in total. The van der Waals surface area contributed by atoms with E-state index in [1.165, 1.54) is 45.4 Å². The molecule has 0 bridgehead atoms. The second-order valence-electron chi connectivity index (χ2n) is 16.0. The molecule has 266 valence electrons. The fourth-order valence-corrected chi connectivity index (χ4v) is 15.1. The molecule has 1 aliphatic carbocycles. The molecular formula is C44H61Cl3SiTi. The van der Waals surface area contributed by atoms with Gasteiger partial charge in [-0.3, -0.25) is 0 Å². The average molecular weight is 772 g/mol. The third-order valence-corrected chi connectivity index (χ3v) is 17.6. The molecule has 1 aliphatic rings. The van der Waals surface area contributed by atoms with Crippen LogP contribution in [0.3, 0.4) is 0 Å². The molecule has 0 saturated carbocycles. The fraction of sp³-hybridized carbons (Fsp3) is 0.500. The Bertz CT molecular complexity index is 1370. The molecule has 0 heterocycles. The molecule has 0 amide bonds. The molecule has 3 aromatic rings. The molecule has 3 aromatic carbocycles. The molecule has 0 radical (unpaired) electrons. The van der Waals surface area contributed by atoms with Crippen LogP contribution in [-0.2, 0) is 20.4 Å². The van der Waals surface area contributed by atoms with Gasteiger partial charge in [0.15, 0.2) is 0 Å². The average Bonchev–Trinajstić information content (AvgIpc) is 3.38. The predicted molar refractivity (Wildman–Crippen MR) is 203 cm³/mol. The van der Waals surface area contributed by atoms with E-state index in [2.05, 4.69) is 183 Å². The van der Waals surface area contributed by atoms with Crippen molar-refractivity contribution in [1.82, 2.24) is 0 Å². The summed E-state index contributed by atoms with van der Waals surface area (Å²) in [5.74, 6) is 2.77. The van der Waals surface area contributed by atoms with Gasteiger partial charge in [0.25, 0.3) is 0 Å². The quantitative estimate of drug-likeness (QED) is 0.196. The number of hydrogen-bond acceptors (Lipinski definition) is 0. The van der Waals surface area contributed by atoms with Gasteiger partial charge in [-0.05, 0) is 0 Å². The van der Waals surface area contributed by atoms with Crippen molar-refractivity contribution in [1.29, 1.82) is 0 Å². The van der Waals surface area contributed by atoms with Crippen LogP contribution in [0, 0.1) is 0 Å². The van der Waals surface area contributed by atoms with Crippen molar-refractivity contribution in [3.8, 4) is 0 Å². The summed E-state index contributed by atoms with van der Waals surface area (Å²) in [5, 5.41) is 4.69. The molecule has 0 nitrogen and oxygen atoms in total. The maximum absolute atomic E-state index is 2.81. The SMILES string of the molecule is CCCC1=C[C]([Ti+3])([Si](c2cc(C(C)C)cc(C(C)C)c2)(c2cc(C(C)C)cc(C(C)C)c2)c2cc(C(C)C)cc(C(C)C)c2)C=C1.[Cl-].[Cl-].[Cl-]. The summed E-state index contributed by atoms with van der Waals surface area (Å²) in [6.07, 6.45) is 10.1. The van der Waals surface area contributed by atoms with Gasteiger partial charge in [-0.2, -0.15) is 0 Å². The van der Waals surface area contributed by atoms with Gasteiger partial charge >= 0.3 is 298 Å². The van der Waals surface area contributed by atoms with Gasteiger partial charge < -0.3 is 37.2 Å². The number of benzene rings is 3.